The van der Waals surface area contributed by atoms with E-state index in [1.165, 1.54) is 0 Å². The Balaban J connectivity index is 4.00. The van der Waals surface area contributed by atoms with Gasteiger partial charge in [-0.25, -0.2) is 5.84 Å². The number of allylic oxidation sites excluding steroid dienone is 1. The number of rotatable bonds is 7. The molecular formula is C11H20N2O2. The van der Waals surface area contributed by atoms with Crippen LogP contribution in [-0.4, -0.2) is 12.2 Å². The van der Waals surface area contributed by atoms with Gasteiger partial charge < -0.3 is 4.79 Å². The van der Waals surface area contributed by atoms with E-state index in [0.717, 1.165) is 25.5 Å². The largest absolute Gasteiger partial charge is 0.303 e. The van der Waals surface area contributed by atoms with E-state index in [4.69, 9.17) is 5.84 Å². The molecule has 0 fully saturated rings. The summed E-state index contributed by atoms with van der Waals surface area (Å²) in [5.41, 5.74) is 2.85. The molecule has 0 aromatic heterocycles. The topological polar surface area (TPSA) is 72.2 Å². The van der Waals surface area contributed by atoms with E-state index in [2.05, 4.69) is 5.43 Å². The van der Waals surface area contributed by atoms with Crippen molar-refractivity contribution >= 4 is 12.2 Å². The van der Waals surface area contributed by atoms with Gasteiger partial charge in [0.25, 0.3) is 5.91 Å². The number of hydrogen-bond donors (Lipinski definition) is 2. The number of nitrogens with two attached hydrogens (primary N) is 1. The summed E-state index contributed by atoms with van der Waals surface area (Å²) in [6.07, 6.45) is 6.05. The number of carbonyl (C=O) groups is 2. The summed E-state index contributed by atoms with van der Waals surface area (Å²) in [6, 6.07) is 0. The molecule has 4 heteroatoms. The highest BCUT2D eigenvalue weighted by Gasteiger charge is 2.14. The Morgan fingerprint density at radius 2 is 2.13 bits per heavy atom. The second kappa shape index (κ2) is 8.17. The zero-order valence-electron chi connectivity index (χ0n) is 9.45. The van der Waals surface area contributed by atoms with E-state index in [1.54, 1.807) is 6.08 Å². The summed E-state index contributed by atoms with van der Waals surface area (Å²) in [7, 11) is 0. The molecule has 1 atom stereocenters. The van der Waals surface area contributed by atoms with Crippen molar-refractivity contribution in [2.75, 3.05) is 0 Å². The van der Waals surface area contributed by atoms with Crippen LogP contribution < -0.4 is 11.3 Å². The molecule has 0 aliphatic carbocycles. The van der Waals surface area contributed by atoms with Crippen LogP contribution in [0.2, 0.25) is 0 Å². The van der Waals surface area contributed by atoms with Gasteiger partial charge >= 0.3 is 0 Å². The van der Waals surface area contributed by atoms with Gasteiger partial charge in [0.1, 0.15) is 6.29 Å². The highest BCUT2D eigenvalue weighted by Crippen LogP contribution is 2.17. The van der Waals surface area contributed by atoms with Crippen LogP contribution in [0, 0.1) is 5.92 Å². The quantitative estimate of drug-likeness (QED) is 0.167. The van der Waals surface area contributed by atoms with Crippen LogP contribution in [-0.2, 0) is 9.59 Å². The number of unbranched alkanes of at least 4 members (excludes halogenated alkanes) is 2. The number of aldehydes is 1. The molecule has 1 unspecified atom stereocenters. The molecule has 86 valence electrons. The molecule has 0 aliphatic rings. The third-order valence-corrected chi connectivity index (χ3v) is 2.44. The molecule has 0 aliphatic heterocycles. The lowest BCUT2D eigenvalue weighted by Gasteiger charge is -2.13. The molecule has 0 saturated carbocycles. The van der Waals surface area contributed by atoms with E-state index in [0.29, 0.717) is 12.0 Å². The Morgan fingerprint density at radius 1 is 1.47 bits per heavy atom. The number of nitrogens with one attached hydrogen (secondary N) is 1. The summed E-state index contributed by atoms with van der Waals surface area (Å²) in [5, 5.41) is 0. The van der Waals surface area contributed by atoms with Crippen LogP contribution in [0.25, 0.3) is 0 Å². The molecular weight excluding hydrogens is 192 g/mol. The number of carbonyl (C=O) groups excluding carboxylic acids is 2. The molecule has 0 saturated heterocycles. The minimum Gasteiger partial charge on any atom is -0.303 e. The van der Waals surface area contributed by atoms with Crippen molar-refractivity contribution < 1.29 is 9.59 Å². The third-order valence-electron chi connectivity index (χ3n) is 2.44. The maximum atomic E-state index is 11.3. The van der Waals surface area contributed by atoms with Gasteiger partial charge in [-0.1, -0.05) is 19.4 Å². The Hall–Kier alpha value is -1.16. The van der Waals surface area contributed by atoms with Gasteiger partial charge in [-0.15, -0.1) is 0 Å². The molecule has 4 nitrogen and oxygen atoms in total. The molecule has 15 heavy (non-hydrogen) atoms. The summed E-state index contributed by atoms with van der Waals surface area (Å²) in [4.78, 5) is 21.4. The highest BCUT2D eigenvalue weighted by molar-refractivity contribution is 5.93. The van der Waals surface area contributed by atoms with Gasteiger partial charge in [-0.3, -0.25) is 10.2 Å². The zero-order chi connectivity index (χ0) is 11.7. The normalized spacial score (nSPS) is 13.4. The Morgan fingerprint density at radius 3 is 2.60 bits per heavy atom. The molecule has 0 spiro atoms. The summed E-state index contributed by atoms with van der Waals surface area (Å²) >= 11 is 0. The predicted octanol–water partition coefficient (Wildman–Crippen LogP) is 1.32. The van der Waals surface area contributed by atoms with Crippen molar-refractivity contribution in [3.8, 4) is 0 Å². The molecule has 0 heterocycles. The Labute approximate surface area is 90.9 Å². The third kappa shape index (κ3) is 5.32. The van der Waals surface area contributed by atoms with Gasteiger partial charge in [0.15, 0.2) is 0 Å². The fourth-order valence-corrected chi connectivity index (χ4v) is 1.56. The summed E-state index contributed by atoms with van der Waals surface area (Å²) < 4.78 is 0. The summed E-state index contributed by atoms with van der Waals surface area (Å²) in [6.45, 7) is 3.82. The van der Waals surface area contributed by atoms with E-state index < -0.39 is 0 Å². The number of amides is 1. The van der Waals surface area contributed by atoms with Crippen LogP contribution in [0.1, 0.15) is 39.5 Å². The van der Waals surface area contributed by atoms with Gasteiger partial charge in [0.05, 0.1) is 0 Å². The van der Waals surface area contributed by atoms with E-state index in [-0.39, 0.29) is 11.8 Å². The molecule has 0 rings (SSSR count). The Kier molecular flexibility index (Phi) is 7.54. The van der Waals surface area contributed by atoms with Gasteiger partial charge in [0, 0.05) is 12.0 Å². The molecule has 0 aromatic rings. The lowest BCUT2D eigenvalue weighted by Crippen LogP contribution is -2.33. The molecule has 3 N–H and O–H groups in total. The fourth-order valence-electron chi connectivity index (χ4n) is 1.56. The van der Waals surface area contributed by atoms with Crippen molar-refractivity contribution in [2.24, 2.45) is 11.8 Å². The minimum atomic E-state index is -0.222. The first-order valence-electron chi connectivity index (χ1n) is 5.28. The monoisotopic (exact) mass is 212 g/mol. The van der Waals surface area contributed by atoms with Crippen LogP contribution >= 0.6 is 0 Å². The van der Waals surface area contributed by atoms with Crippen LogP contribution in [0.4, 0.5) is 0 Å². The van der Waals surface area contributed by atoms with E-state index >= 15 is 0 Å². The van der Waals surface area contributed by atoms with E-state index in [1.807, 2.05) is 13.8 Å². The second-order valence-corrected chi connectivity index (χ2v) is 3.57. The molecule has 0 radical (unpaired) electrons. The molecule has 0 aromatic carbocycles. The van der Waals surface area contributed by atoms with E-state index in [9.17, 15) is 9.59 Å². The van der Waals surface area contributed by atoms with Crippen molar-refractivity contribution in [2.45, 2.75) is 39.5 Å². The predicted molar refractivity (Wildman–Crippen MR) is 59.8 cm³/mol. The van der Waals surface area contributed by atoms with Gasteiger partial charge in [-0.05, 0) is 25.7 Å². The Bertz CT molecular complexity index is 237. The van der Waals surface area contributed by atoms with Crippen LogP contribution in [0.3, 0.4) is 0 Å². The number of hydrazine groups is 1. The maximum absolute atomic E-state index is 11.3. The van der Waals surface area contributed by atoms with Crippen molar-refractivity contribution in [3.05, 3.63) is 11.6 Å². The first kappa shape index (κ1) is 13.8. The molecule has 0 bridgehead atoms. The van der Waals surface area contributed by atoms with Crippen molar-refractivity contribution in [3.63, 3.8) is 0 Å². The first-order chi connectivity index (χ1) is 7.17. The fraction of sp³-hybridized carbons (Fsp3) is 0.636. The van der Waals surface area contributed by atoms with Gasteiger partial charge in [-0.2, -0.15) is 0 Å². The van der Waals surface area contributed by atoms with Crippen LogP contribution in [0.5, 0.6) is 0 Å². The van der Waals surface area contributed by atoms with Crippen LogP contribution in [0.15, 0.2) is 11.6 Å². The average molecular weight is 212 g/mol. The number of hydrogen-bond acceptors (Lipinski definition) is 3. The lowest BCUT2D eigenvalue weighted by molar-refractivity contribution is -0.118. The second-order valence-electron chi connectivity index (χ2n) is 3.57. The molecule has 1 amide bonds. The average Bonchev–Trinajstić information content (AvgIpc) is 2.25. The van der Waals surface area contributed by atoms with Gasteiger partial charge in [0.2, 0.25) is 0 Å². The van der Waals surface area contributed by atoms with Crippen molar-refractivity contribution in [1.29, 1.82) is 0 Å². The smallest absolute Gasteiger partial charge is 0.261 e. The summed E-state index contributed by atoms with van der Waals surface area (Å²) in [5.74, 6) is 5.04. The highest BCUT2D eigenvalue weighted by atomic mass is 16.2. The van der Waals surface area contributed by atoms with Crippen molar-refractivity contribution in [1.82, 2.24) is 5.43 Å². The standard InChI is InChI=1S/C11H20N2O2/c1-3-10(11(15)13-12)9(2)7-5-4-6-8-14/h3,8-9H,4-7,12H2,1-2H3,(H,13,15). The SMILES string of the molecule is CC=C(C(=O)NN)C(C)CCCCC=O. The first-order valence-corrected chi connectivity index (χ1v) is 5.28. The minimum absolute atomic E-state index is 0.185. The lowest BCUT2D eigenvalue weighted by atomic mass is 9.94. The maximum Gasteiger partial charge on any atom is 0.261 e. The zero-order valence-corrected chi connectivity index (χ0v) is 9.45.